The van der Waals surface area contributed by atoms with E-state index in [1.807, 2.05) is 24.3 Å². The van der Waals surface area contributed by atoms with Gasteiger partial charge in [-0.1, -0.05) is 18.2 Å². The van der Waals surface area contributed by atoms with Crippen LogP contribution in [0, 0.1) is 12.3 Å². The number of hydrogen-bond acceptors (Lipinski definition) is 3. The third-order valence-electron chi connectivity index (χ3n) is 4.32. The number of H-pyrrole nitrogens is 1. The predicted molar refractivity (Wildman–Crippen MR) is 80.4 cm³/mol. The van der Waals surface area contributed by atoms with Crippen LogP contribution in [0.2, 0.25) is 0 Å². The zero-order chi connectivity index (χ0) is 15.0. The SMILES string of the molecule is Cc1c(C(=O)NCC2(CO)CC2)c(=O)[nH]c2ccccc12. The van der Waals surface area contributed by atoms with Gasteiger partial charge in [-0.2, -0.15) is 0 Å². The zero-order valence-corrected chi connectivity index (χ0v) is 11.9. The summed E-state index contributed by atoms with van der Waals surface area (Å²) in [5.74, 6) is -0.376. The number of carbonyl (C=O) groups is 1. The second-order valence-corrected chi connectivity index (χ2v) is 5.84. The predicted octanol–water partition coefficient (Wildman–Crippen LogP) is 1.34. The molecule has 0 unspecified atom stereocenters. The summed E-state index contributed by atoms with van der Waals surface area (Å²) in [6.45, 7) is 2.26. The molecular formula is C16H18N2O3. The standard InChI is InChI=1S/C16H18N2O3/c1-10-11-4-2-3-5-12(11)18-15(21)13(10)14(20)17-8-16(9-19)6-7-16/h2-5,19H,6-9H2,1H3,(H,17,20)(H,18,21). The molecule has 1 aliphatic carbocycles. The maximum Gasteiger partial charge on any atom is 0.261 e. The van der Waals surface area contributed by atoms with Crippen LogP contribution in [-0.4, -0.2) is 29.1 Å². The Labute approximate surface area is 122 Å². The molecule has 0 bridgehead atoms. The van der Waals surface area contributed by atoms with Crippen LogP contribution in [0.5, 0.6) is 0 Å². The molecule has 0 radical (unpaired) electrons. The van der Waals surface area contributed by atoms with Crippen LogP contribution in [0.4, 0.5) is 0 Å². The van der Waals surface area contributed by atoms with E-state index in [2.05, 4.69) is 10.3 Å². The van der Waals surface area contributed by atoms with Crippen molar-refractivity contribution < 1.29 is 9.90 Å². The van der Waals surface area contributed by atoms with E-state index in [1.165, 1.54) is 0 Å². The molecule has 1 saturated carbocycles. The van der Waals surface area contributed by atoms with Gasteiger partial charge in [-0.15, -0.1) is 0 Å². The summed E-state index contributed by atoms with van der Waals surface area (Å²) in [6, 6.07) is 7.42. The monoisotopic (exact) mass is 286 g/mol. The Morgan fingerprint density at radius 1 is 1.38 bits per heavy atom. The number of carbonyl (C=O) groups excluding carboxylic acids is 1. The van der Waals surface area contributed by atoms with Gasteiger partial charge in [0, 0.05) is 22.9 Å². The molecule has 1 aliphatic rings. The molecule has 1 amide bonds. The summed E-state index contributed by atoms with van der Waals surface area (Å²) in [6.07, 6.45) is 1.83. The molecule has 0 saturated heterocycles. The molecule has 1 fully saturated rings. The molecule has 1 aromatic heterocycles. The number of benzene rings is 1. The summed E-state index contributed by atoms with van der Waals surface area (Å²) in [4.78, 5) is 27.2. The summed E-state index contributed by atoms with van der Waals surface area (Å²) < 4.78 is 0. The van der Waals surface area contributed by atoms with E-state index in [4.69, 9.17) is 0 Å². The first-order valence-corrected chi connectivity index (χ1v) is 7.07. The Morgan fingerprint density at radius 2 is 2.10 bits per heavy atom. The Hall–Kier alpha value is -2.14. The second-order valence-electron chi connectivity index (χ2n) is 5.84. The lowest BCUT2D eigenvalue weighted by atomic mass is 10.0. The first-order valence-electron chi connectivity index (χ1n) is 7.07. The van der Waals surface area contributed by atoms with Crippen LogP contribution in [0.15, 0.2) is 29.1 Å². The number of aromatic amines is 1. The molecule has 1 heterocycles. The van der Waals surface area contributed by atoms with Crippen molar-refractivity contribution in [1.82, 2.24) is 10.3 Å². The minimum Gasteiger partial charge on any atom is -0.396 e. The number of aliphatic hydroxyl groups excluding tert-OH is 1. The average molecular weight is 286 g/mol. The molecule has 21 heavy (non-hydrogen) atoms. The number of aromatic nitrogens is 1. The molecule has 3 rings (SSSR count). The third kappa shape index (κ3) is 2.45. The van der Waals surface area contributed by atoms with E-state index in [0.29, 0.717) is 12.1 Å². The molecule has 5 heteroatoms. The van der Waals surface area contributed by atoms with Gasteiger partial charge in [0.15, 0.2) is 0 Å². The van der Waals surface area contributed by atoms with E-state index in [1.54, 1.807) is 6.92 Å². The van der Waals surface area contributed by atoms with Gasteiger partial charge in [0.1, 0.15) is 5.56 Å². The van der Waals surface area contributed by atoms with Crippen molar-refractivity contribution in [1.29, 1.82) is 0 Å². The topological polar surface area (TPSA) is 82.2 Å². The van der Waals surface area contributed by atoms with Crippen molar-refractivity contribution in [3.05, 3.63) is 45.7 Å². The van der Waals surface area contributed by atoms with Crippen LogP contribution in [0.1, 0.15) is 28.8 Å². The van der Waals surface area contributed by atoms with Gasteiger partial charge in [-0.25, -0.2) is 0 Å². The van der Waals surface area contributed by atoms with Gasteiger partial charge in [0.2, 0.25) is 0 Å². The first-order chi connectivity index (χ1) is 10.1. The van der Waals surface area contributed by atoms with E-state index >= 15 is 0 Å². The molecule has 1 aromatic carbocycles. The van der Waals surface area contributed by atoms with Crippen LogP contribution in [0.3, 0.4) is 0 Å². The fourth-order valence-corrected chi connectivity index (χ4v) is 2.61. The van der Waals surface area contributed by atoms with Crippen LogP contribution in [-0.2, 0) is 0 Å². The Kier molecular flexibility index (Phi) is 3.29. The lowest BCUT2D eigenvalue weighted by Crippen LogP contribution is -2.35. The van der Waals surface area contributed by atoms with Gasteiger partial charge in [0.25, 0.3) is 11.5 Å². The number of rotatable bonds is 4. The molecule has 0 aliphatic heterocycles. The minimum absolute atomic E-state index is 0.0698. The number of hydrogen-bond donors (Lipinski definition) is 3. The van der Waals surface area contributed by atoms with Gasteiger partial charge < -0.3 is 15.4 Å². The number of para-hydroxylation sites is 1. The van der Waals surface area contributed by atoms with Crippen molar-refractivity contribution in [2.45, 2.75) is 19.8 Å². The van der Waals surface area contributed by atoms with E-state index in [-0.39, 0.29) is 29.1 Å². The summed E-state index contributed by atoms with van der Waals surface area (Å²) in [7, 11) is 0. The molecule has 110 valence electrons. The van der Waals surface area contributed by atoms with E-state index in [0.717, 1.165) is 23.7 Å². The highest BCUT2D eigenvalue weighted by atomic mass is 16.3. The van der Waals surface area contributed by atoms with Crippen LogP contribution < -0.4 is 10.9 Å². The maximum atomic E-state index is 12.3. The van der Waals surface area contributed by atoms with Crippen molar-refractivity contribution in [2.24, 2.45) is 5.41 Å². The van der Waals surface area contributed by atoms with Gasteiger partial charge in [-0.3, -0.25) is 9.59 Å². The molecule has 0 spiro atoms. The smallest absolute Gasteiger partial charge is 0.261 e. The summed E-state index contributed by atoms with van der Waals surface area (Å²) >= 11 is 0. The minimum atomic E-state index is -0.377. The number of nitrogens with one attached hydrogen (secondary N) is 2. The second kappa shape index (κ2) is 5.00. The fourth-order valence-electron chi connectivity index (χ4n) is 2.61. The number of aliphatic hydroxyl groups is 1. The Morgan fingerprint density at radius 3 is 2.76 bits per heavy atom. The van der Waals surface area contributed by atoms with E-state index in [9.17, 15) is 14.7 Å². The quantitative estimate of drug-likeness (QED) is 0.793. The van der Waals surface area contributed by atoms with Crippen LogP contribution >= 0.6 is 0 Å². The van der Waals surface area contributed by atoms with Crippen molar-refractivity contribution in [3.8, 4) is 0 Å². The van der Waals surface area contributed by atoms with Gasteiger partial charge >= 0.3 is 0 Å². The highest BCUT2D eigenvalue weighted by Crippen LogP contribution is 2.44. The van der Waals surface area contributed by atoms with Gasteiger partial charge in [0.05, 0.1) is 6.61 Å². The highest BCUT2D eigenvalue weighted by Gasteiger charge is 2.42. The largest absolute Gasteiger partial charge is 0.396 e. The lowest BCUT2D eigenvalue weighted by molar-refractivity contribution is 0.0933. The molecule has 0 atom stereocenters. The fraction of sp³-hybridized carbons (Fsp3) is 0.375. The zero-order valence-electron chi connectivity index (χ0n) is 11.9. The highest BCUT2D eigenvalue weighted by molar-refractivity contribution is 5.99. The van der Waals surface area contributed by atoms with Crippen molar-refractivity contribution in [2.75, 3.05) is 13.2 Å². The summed E-state index contributed by atoms with van der Waals surface area (Å²) in [5, 5.41) is 12.9. The van der Waals surface area contributed by atoms with E-state index < -0.39 is 0 Å². The third-order valence-corrected chi connectivity index (χ3v) is 4.32. The van der Waals surface area contributed by atoms with Crippen molar-refractivity contribution in [3.63, 3.8) is 0 Å². The Bertz CT molecular complexity index is 760. The molecular weight excluding hydrogens is 268 g/mol. The van der Waals surface area contributed by atoms with Crippen molar-refractivity contribution >= 4 is 16.8 Å². The first kappa shape index (κ1) is 13.8. The maximum absolute atomic E-state index is 12.3. The Balaban J connectivity index is 1.92. The normalized spacial score (nSPS) is 15.9. The van der Waals surface area contributed by atoms with Crippen LogP contribution in [0.25, 0.3) is 10.9 Å². The van der Waals surface area contributed by atoms with Gasteiger partial charge in [-0.05, 0) is 31.4 Å². The number of fused-ring (bicyclic) bond motifs is 1. The number of aryl methyl sites for hydroxylation is 1. The molecule has 3 N–H and O–H groups in total. The molecule has 5 nitrogen and oxygen atoms in total. The lowest BCUT2D eigenvalue weighted by Gasteiger charge is -2.14. The average Bonchev–Trinajstić information content (AvgIpc) is 3.26. The molecule has 2 aromatic rings. The number of amides is 1. The number of pyridine rings is 1. The summed E-state index contributed by atoms with van der Waals surface area (Å²) in [5.41, 5.74) is 1.01.